The van der Waals surface area contributed by atoms with Crippen LogP contribution in [0.5, 0.6) is 5.75 Å². The van der Waals surface area contributed by atoms with Crippen LogP contribution >= 0.6 is 0 Å². The van der Waals surface area contributed by atoms with Gasteiger partial charge in [-0.25, -0.2) is 9.78 Å². The van der Waals surface area contributed by atoms with Gasteiger partial charge in [0.15, 0.2) is 0 Å². The van der Waals surface area contributed by atoms with E-state index in [1.54, 1.807) is 22.8 Å². The molecule has 5 heteroatoms. The van der Waals surface area contributed by atoms with Crippen LogP contribution in [0.15, 0.2) is 47.3 Å². The van der Waals surface area contributed by atoms with Gasteiger partial charge in [-0.1, -0.05) is 26.0 Å². The number of fused-ring (bicyclic) bond motifs is 2. The maximum absolute atomic E-state index is 12.5. The largest absolute Gasteiger partial charge is 0.423 e. The zero-order valence-electron chi connectivity index (χ0n) is 15.6. The average molecular weight is 362 g/mol. The summed E-state index contributed by atoms with van der Waals surface area (Å²) in [7, 11) is 0. The number of carbonyl (C=O) groups excluding carboxylic acids is 1. The third-order valence-electron chi connectivity index (χ3n) is 5.32. The molecule has 1 aliphatic heterocycles. The van der Waals surface area contributed by atoms with Crippen molar-refractivity contribution in [3.63, 3.8) is 0 Å². The Labute approximate surface area is 157 Å². The molecular weight excluding hydrogens is 340 g/mol. The first-order chi connectivity index (χ1) is 13.1. The third kappa shape index (κ3) is 3.25. The summed E-state index contributed by atoms with van der Waals surface area (Å²) in [6.07, 6.45) is 2.79. The van der Waals surface area contributed by atoms with Crippen molar-refractivity contribution in [2.45, 2.75) is 45.6 Å². The zero-order chi connectivity index (χ0) is 19.0. The number of benzene rings is 2. The first-order valence-electron chi connectivity index (χ1n) is 9.42. The van der Waals surface area contributed by atoms with Crippen molar-refractivity contribution in [1.82, 2.24) is 9.55 Å². The Morgan fingerprint density at radius 2 is 2.00 bits per heavy atom. The van der Waals surface area contributed by atoms with E-state index in [4.69, 9.17) is 4.74 Å². The highest BCUT2D eigenvalue weighted by atomic mass is 16.5. The highest BCUT2D eigenvalue weighted by Crippen LogP contribution is 2.22. The summed E-state index contributed by atoms with van der Waals surface area (Å²) in [6.45, 7) is 5.03. The lowest BCUT2D eigenvalue weighted by Crippen LogP contribution is -2.21. The van der Waals surface area contributed by atoms with Crippen molar-refractivity contribution < 1.29 is 9.53 Å². The summed E-state index contributed by atoms with van der Waals surface area (Å²) in [4.78, 5) is 29.6. The number of aryl methyl sites for hydroxylation is 1. The number of esters is 1. The van der Waals surface area contributed by atoms with Gasteiger partial charge in [-0.15, -0.1) is 0 Å². The lowest BCUT2D eigenvalue weighted by molar-refractivity contribution is 0.0735. The molecule has 0 unspecified atom stereocenters. The molecule has 1 atom stereocenters. The van der Waals surface area contributed by atoms with Gasteiger partial charge in [-0.2, -0.15) is 0 Å². The molecule has 0 radical (unpaired) electrons. The molecule has 0 saturated heterocycles. The minimum absolute atomic E-state index is 0.0342. The third-order valence-corrected chi connectivity index (χ3v) is 5.32. The molecule has 2 aromatic carbocycles. The highest BCUT2D eigenvalue weighted by molar-refractivity contribution is 5.95. The van der Waals surface area contributed by atoms with Crippen molar-refractivity contribution in [3.8, 4) is 5.75 Å². The number of rotatable bonds is 4. The maximum Gasteiger partial charge on any atom is 0.343 e. The second-order valence-corrected chi connectivity index (χ2v) is 7.09. The van der Waals surface area contributed by atoms with E-state index in [0.717, 1.165) is 25.1 Å². The standard InChI is InChI=1S/C22H22N2O3/c1-3-14(2)15-6-9-17(10-7-15)27-22(26)16-8-11-18-19(13-16)23-20-5-4-12-24(20)21(18)25/h6-11,13-14H,3-5,12H2,1-2H3/t14-/m1/s1. The summed E-state index contributed by atoms with van der Waals surface area (Å²) in [5, 5.41) is 0.537. The molecule has 27 heavy (non-hydrogen) atoms. The number of aromatic nitrogens is 2. The van der Waals surface area contributed by atoms with Crippen molar-refractivity contribution in [3.05, 3.63) is 69.8 Å². The van der Waals surface area contributed by atoms with Gasteiger partial charge in [-0.05, 0) is 54.7 Å². The van der Waals surface area contributed by atoms with Crippen molar-refractivity contribution in [2.75, 3.05) is 0 Å². The van der Waals surface area contributed by atoms with Gasteiger partial charge in [-0.3, -0.25) is 9.36 Å². The van der Waals surface area contributed by atoms with Crippen LogP contribution in [0.2, 0.25) is 0 Å². The van der Waals surface area contributed by atoms with Crippen LogP contribution in [-0.2, 0) is 13.0 Å². The summed E-state index contributed by atoms with van der Waals surface area (Å²) >= 11 is 0. The van der Waals surface area contributed by atoms with Crippen LogP contribution in [0.25, 0.3) is 10.9 Å². The summed E-state index contributed by atoms with van der Waals surface area (Å²) < 4.78 is 7.21. The van der Waals surface area contributed by atoms with Crippen molar-refractivity contribution in [1.29, 1.82) is 0 Å². The van der Waals surface area contributed by atoms with Crippen LogP contribution < -0.4 is 10.3 Å². The van der Waals surface area contributed by atoms with Crippen LogP contribution in [0, 0.1) is 0 Å². The number of ether oxygens (including phenoxy) is 1. The van der Waals surface area contributed by atoms with E-state index in [0.29, 0.717) is 34.7 Å². The van der Waals surface area contributed by atoms with E-state index < -0.39 is 5.97 Å². The fourth-order valence-corrected chi connectivity index (χ4v) is 3.48. The van der Waals surface area contributed by atoms with E-state index >= 15 is 0 Å². The van der Waals surface area contributed by atoms with Crippen LogP contribution in [-0.4, -0.2) is 15.5 Å². The smallest absolute Gasteiger partial charge is 0.343 e. The molecular formula is C22H22N2O3. The summed E-state index contributed by atoms with van der Waals surface area (Å²) in [5.41, 5.74) is 2.13. The van der Waals surface area contributed by atoms with Gasteiger partial charge in [0, 0.05) is 13.0 Å². The second-order valence-electron chi connectivity index (χ2n) is 7.09. The fraction of sp³-hybridized carbons (Fsp3) is 0.318. The van der Waals surface area contributed by atoms with Gasteiger partial charge < -0.3 is 4.74 Å². The van der Waals surface area contributed by atoms with Crippen LogP contribution in [0.3, 0.4) is 0 Å². The van der Waals surface area contributed by atoms with Gasteiger partial charge in [0.2, 0.25) is 0 Å². The quantitative estimate of drug-likeness (QED) is 0.518. The summed E-state index contributed by atoms with van der Waals surface area (Å²) in [6, 6.07) is 12.6. The number of nitrogens with zero attached hydrogens (tertiary/aromatic N) is 2. The van der Waals surface area contributed by atoms with E-state index in [-0.39, 0.29) is 5.56 Å². The SMILES string of the molecule is CC[C@@H](C)c1ccc(OC(=O)c2ccc3c(=O)n4c(nc3c2)CCC4)cc1. The minimum Gasteiger partial charge on any atom is -0.423 e. The van der Waals surface area contributed by atoms with E-state index in [2.05, 4.69) is 18.8 Å². The van der Waals surface area contributed by atoms with Crippen LogP contribution in [0.4, 0.5) is 0 Å². The molecule has 0 aliphatic carbocycles. The Morgan fingerprint density at radius 1 is 1.22 bits per heavy atom. The van der Waals surface area contributed by atoms with E-state index in [1.807, 2.05) is 24.3 Å². The molecule has 0 bridgehead atoms. The normalized spacial score (nSPS) is 14.1. The number of hydrogen-bond acceptors (Lipinski definition) is 4. The Morgan fingerprint density at radius 3 is 2.74 bits per heavy atom. The predicted molar refractivity (Wildman–Crippen MR) is 104 cm³/mol. The molecule has 2 heterocycles. The number of carbonyl (C=O) groups is 1. The van der Waals surface area contributed by atoms with Crippen molar-refractivity contribution in [2.24, 2.45) is 0 Å². The monoisotopic (exact) mass is 362 g/mol. The van der Waals surface area contributed by atoms with Gasteiger partial charge in [0.1, 0.15) is 11.6 Å². The molecule has 5 nitrogen and oxygen atoms in total. The molecule has 0 fully saturated rings. The maximum atomic E-state index is 12.5. The topological polar surface area (TPSA) is 61.2 Å². The molecule has 3 aromatic rings. The minimum atomic E-state index is -0.449. The van der Waals surface area contributed by atoms with E-state index in [9.17, 15) is 9.59 Å². The molecule has 0 saturated carbocycles. The summed E-state index contributed by atoms with van der Waals surface area (Å²) in [5.74, 6) is 1.32. The highest BCUT2D eigenvalue weighted by Gasteiger charge is 2.17. The Hall–Kier alpha value is -2.95. The van der Waals surface area contributed by atoms with Crippen LogP contribution in [0.1, 0.15) is 54.4 Å². The molecule has 138 valence electrons. The van der Waals surface area contributed by atoms with E-state index in [1.165, 1.54) is 5.56 Å². The number of hydrogen-bond donors (Lipinski definition) is 0. The Bertz CT molecular complexity index is 1070. The lowest BCUT2D eigenvalue weighted by Gasteiger charge is -2.10. The second kappa shape index (κ2) is 6.99. The van der Waals surface area contributed by atoms with Crippen molar-refractivity contribution >= 4 is 16.9 Å². The van der Waals surface area contributed by atoms with Gasteiger partial charge in [0.25, 0.3) is 5.56 Å². The first kappa shape index (κ1) is 17.5. The molecule has 1 aliphatic rings. The molecule has 1 aromatic heterocycles. The average Bonchev–Trinajstić information content (AvgIpc) is 3.16. The Balaban J connectivity index is 1.59. The Kier molecular flexibility index (Phi) is 4.52. The zero-order valence-corrected chi connectivity index (χ0v) is 15.6. The fourth-order valence-electron chi connectivity index (χ4n) is 3.48. The predicted octanol–water partition coefficient (Wildman–Crippen LogP) is 4.08. The van der Waals surface area contributed by atoms with Gasteiger partial charge in [0.05, 0.1) is 16.5 Å². The van der Waals surface area contributed by atoms with Gasteiger partial charge >= 0.3 is 5.97 Å². The first-order valence-corrected chi connectivity index (χ1v) is 9.42. The molecule has 0 N–H and O–H groups in total. The molecule has 4 rings (SSSR count). The molecule has 0 spiro atoms. The lowest BCUT2D eigenvalue weighted by atomic mass is 9.99. The molecule has 0 amide bonds.